The summed E-state index contributed by atoms with van der Waals surface area (Å²) in [6, 6.07) is 0. The molecular formula is C18H30Br2F2N2O4. The van der Waals surface area contributed by atoms with E-state index in [1.807, 2.05) is 0 Å². The van der Waals surface area contributed by atoms with Gasteiger partial charge in [-0.2, -0.15) is 0 Å². The number of carbonyl (C=O) groups is 2. The van der Waals surface area contributed by atoms with Crippen LogP contribution in [0.1, 0.15) is 41.5 Å². The van der Waals surface area contributed by atoms with E-state index in [2.05, 4.69) is 31.9 Å². The first kappa shape index (κ1) is 25.4. The van der Waals surface area contributed by atoms with Crippen molar-refractivity contribution >= 4 is 44.0 Å². The summed E-state index contributed by atoms with van der Waals surface area (Å²) < 4.78 is 36.4. The second kappa shape index (κ2) is 9.91. The Morgan fingerprint density at radius 2 is 1.04 bits per heavy atom. The van der Waals surface area contributed by atoms with Crippen LogP contribution in [0.3, 0.4) is 0 Å². The first-order valence-corrected chi connectivity index (χ1v) is 10.9. The summed E-state index contributed by atoms with van der Waals surface area (Å²) in [5.41, 5.74) is -1.04. The minimum atomic E-state index is -0.998. The van der Waals surface area contributed by atoms with Crippen LogP contribution in [0.25, 0.3) is 0 Å². The summed E-state index contributed by atoms with van der Waals surface area (Å²) >= 11 is 6.34. The summed E-state index contributed by atoms with van der Waals surface area (Å²) in [7, 11) is 0. The van der Waals surface area contributed by atoms with Crippen molar-refractivity contribution in [3.63, 3.8) is 0 Å². The third kappa shape index (κ3) is 8.80. The fourth-order valence-electron chi connectivity index (χ4n) is 2.40. The molecule has 2 amide bonds. The highest BCUT2D eigenvalue weighted by molar-refractivity contribution is 9.09. The number of amides is 2. The lowest BCUT2D eigenvalue weighted by Crippen LogP contribution is -2.35. The van der Waals surface area contributed by atoms with Gasteiger partial charge in [0.1, 0.15) is 23.5 Å². The van der Waals surface area contributed by atoms with E-state index >= 15 is 0 Å². The highest BCUT2D eigenvalue weighted by Gasteiger charge is 2.36. The van der Waals surface area contributed by atoms with Gasteiger partial charge in [-0.1, -0.05) is 31.9 Å². The van der Waals surface area contributed by atoms with Crippen LogP contribution < -0.4 is 0 Å². The van der Waals surface area contributed by atoms with Crippen LogP contribution in [0.2, 0.25) is 0 Å². The normalized spacial score (nSPS) is 27.9. The Balaban J connectivity index is 0.000000280. The average molecular weight is 536 g/mol. The summed E-state index contributed by atoms with van der Waals surface area (Å²) in [4.78, 5) is 25.2. The maximum absolute atomic E-state index is 13.1. The quantitative estimate of drug-likeness (QED) is 0.423. The Kier molecular flexibility index (Phi) is 8.99. The molecule has 2 saturated heterocycles. The van der Waals surface area contributed by atoms with Crippen molar-refractivity contribution in [1.29, 1.82) is 0 Å². The first-order chi connectivity index (χ1) is 12.6. The van der Waals surface area contributed by atoms with E-state index in [4.69, 9.17) is 9.47 Å². The van der Waals surface area contributed by atoms with Gasteiger partial charge in [-0.25, -0.2) is 18.4 Å². The molecule has 0 aliphatic carbocycles. The van der Waals surface area contributed by atoms with E-state index in [9.17, 15) is 18.4 Å². The summed E-state index contributed by atoms with van der Waals surface area (Å²) in [6.45, 7) is 11.7. The summed E-state index contributed by atoms with van der Waals surface area (Å²) in [6.07, 6.45) is -2.88. The SMILES string of the molecule is CC(C)(C)OC(=O)N1C[C@@H](Br)[C@@H](F)C1.CC(C)(C)OC(=O)N1C[C@@H](F)[C@@H](Br)C1. The largest absolute Gasteiger partial charge is 0.444 e. The molecule has 2 aliphatic heterocycles. The average Bonchev–Trinajstić information content (AvgIpc) is 3.00. The Bertz CT molecular complexity index is 487. The van der Waals surface area contributed by atoms with Gasteiger partial charge in [-0.05, 0) is 41.5 Å². The zero-order valence-electron chi connectivity index (χ0n) is 17.2. The highest BCUT2D eigenvalue weighted by Crippen LogP contribution is 2.23. The van der Waals surface area contributed by atoms with Gasteiger partial charge in [-0.15, -0.1) is 0 Å². The van der Waals surface area contributed by atoms with Crippen molar-refractivity contribution in [2.45, 2.75) is 74.7 Å². The Morgan fingerprint density at radius 1 is 0.750 bits per heavy atom. The number of likely N-dealkylation sites (tertiary alicyclic amines) is 2. The molecular weight excluding hydrogens is 506 g/mol. The van der Waals surface area contributed by atoms with Gasteiger partial charge >= 0.3 is 12.2 Å². The van der Waals surface area contributed by atoms with Gasteiger partial charge in [0, 0.05) is 13.1 Å². The van der Waals surface area contributed by atoms with E-state index in [1.54, 1.807) is 41.5 Å². The molecule has 0 radical (unpaired) electrons. The molecule has 0 N–H and O–H groups in total. The smallest absolute Gasteiger partial charge is 0.410 e. The number of hydrogen-bond donors (Lipinski definition) is 0. The zero-order valence-corrected chi connectivity index (χ0v) is 20.3. The maximum Gasteiger partial charge on any atom is 0.410 e. The number of halogens is 4. The van der Waals surface area contributed by atoms with Crippen molar-refractivity contribution in [2.24, 2.45) is 0 Å². The Morgan fingerprint density at radius 3 is 1.21 bits per heavy atom. The van der Waals surface area contributed by atoms with Crippen LogP contribution in [0.5, 0.6) is 0 Å². The van der Waals surface area contributed by atoms with E-state index in [0.29, 0.717) is 13.1 Å². The minimum Gasteiger partial charge on any atom is -0.444 e. The van der Waals surface area contributed by atoms with Gasteiger partial charge in [0.05, 0.1) is 22.7 Å². The van der Waals surface area contributed by atoms with Gasteiger partial charge in [0.25, 0.3) is 0 Å². The fraction of sp³-hybridized carbons (Fsp3) is 0.889. The predicted octanol–water partition coefficient (Wildman–Crippen LogP) is 4.68. The maximum atomic E-state index is 13.1. The monoisotopic (exact) mass is 534 g/mol. The second-order valence-electron chi connectivity index (χ2n) is 8.83. The molecule has 10 heteroatoms. The number of rotatable bonds is 0. The van der Waals surface area contributed by atoms with E-state index in [0.717, 1.165) is 0 Å². The number of ether oxygens (including phenoxy) is 2. The number of nitrogens with zero attached hydrogens (tertiary/aromatic N) is 2. The molecule has 2 heterocycles. The molecule has 6 nitrogen and oxygen atoms in total. The van der Waals surface area contributed by atoms with Gasteiger partial charge in [0.2, 0.25) is 0 Å². The van der Waals surface area contributed by atoms with Crippen molar-refractivity contribution in [3.05, 3.63) is 0 Å². The molecule has 0 unspecified atom stereocenters. The zero-order chi connectivity index (χ0) is 21.9. The van der Waals surface area contributed by atoms with E-state index < -0.39 is 35.7 Å². The second-order valence-corrected chi connectivity index (χ2v) is 11.2. The molecule has 0 saturated carbocycles. The lowest BCUT2D eigenvalue weighted by molar-refractivity contribution is 0.0274. The molecule has 164 valence electrons. The fourth-order valence-corrected chi connectivity index (χ4v) is 3.43. The third-order valence-electron chi connectivity index (χ3n) is 3.67. The standard InChI is InChI=1S/2C9H15BrFNO2/c2*1-9(2,3)14-8(13)12-4-6(10)7(11)5-12/h2*6-7H,4-5H2,1-3H3/t2*6-,7+/m10/s1. The molecule has 2 rings (SSSR count). The number of carbonyl (C=O) groups excluding carboxylic acids is 2. The van der Waals surface area contributed by atoms with Crippen LogP contribution in [-0.2, 0) is 9.47 Å². The van der Waals surface area contributed by atoms with Gasteiger partial charge in [-0.3, -0.25) is 0 Å². The molecule has 0 spiro atoms. The molecule has 2 aliphatic rings. The molecule has 0 aromatic heterocycles. The third-order valence-corrected chi connectivity index (χ3v) is 5.39. The summed E-state index contributed by atoms with van der Waals surface area (Å²) in [5.74, 6) is 0. The van der Waals surface area contributed by atoms with Gasteiger partial charge in [0.15, 0.2) is 0 Å². The van der Waals surface area contributed by atoms with Crippen LogP contribution in [-0.4, -0.2) is 81.4 Å². The van der Waals surface area contributed by atoms with Crippen molar-refractivity contribution in [3.8, 4) is 0 Å². The molecule has 0 aromatic rings. The Hall–Kier alpha value is -0.640. The minimum absolute atomic E-state index is 0.116. The van der Waals surface area contributed by atoms with Crippen LogP contribution in [0.15, 0.2) is 0 Å². The lowest BCUT2D eigenvalue weighted by atomic mass is 10.2. The molecule has 28 heavy (non-hydrogen) atoms. The van der Waals surface area contributed by atoms with Crippen LogP contribution >= 0.6 is 31.9 Å². The molecule has 0 bridgehead atoms. The number of hydrogen-bond acceptors (Lipinski definition) is 4. The Labute approximate surface area is 182 Å². The highest BCUT2D eigenvalue weighted by atomic mass is 79.9. The lowest BCUT2D eigenvalue weighted by Gasteiger charge is -2.24. The number of alkyl halides is 4. The van der Waals surface area contributed by atoms with Crippen LogP contribution in [0, 0.1) is 0 Å². The first-order valence-electron chi connectivity index (χ1n) is 9.11. The molecule has 4 atom stereocenters. The summed E-state index contributed by atoms with van der Waals surface area (Å²) in [5, 5.41) is 0. The van der Waals surface area contributed by atoms with Crippen molar-refractivity contribution < 1.29 is 27.8 Å². The van der Waals surface area contributed by atoms with Crippen LogP contribution in [0.4, 0.5) is 18.4 Å². The topological polar surface area (TPSA) is 59.1 Å². The molecule has 0 aromatic carbocycles. The molecule has 2 fully saturated rings. The van der Waals surface area contributed by atoms with E-state index in [-0.39, 0.29) is 22.7 Å². The van der Waals surface area contributed by atoms with Crippen molar-refractivity contribution in [1.82, 2.24) is 9.80 Å². The van der Waals surface area contributed by atoms with Gasteiger partial charge < -0.3 is 19.3 Å². The van der Waals surface area contributed by atoms with E-state index in [1.165, 1.54) is 9.80 Å². The predicted molar refractivity (Wildman–Crippen MR) is 111 cm³/mol. The van der Waals surface area contributed by atoms with Crippen molar-refractivity contribution in [2.75, 3.05) is 26.2 Å².